The minimum absolute atomic E-state index is 0.468. The Bertz CT molecular complexity index is 688. The molecule has 0 bridgehead atoms. The second-order valence-corrected chi connectivity index (χ2v) is 8.99. The molecule has 1 heterocycles. The maximum Gasteiger partial charge on any atom is 0.264 e. The third-order valence-electron chi connectivity index (χ3n) is 2.69. The van der Waals surface area contributed by atoms with Crippen molar-refractivity contribution in [2.45, 2.75) is 0 Å². The zero-order valence-corrected chi connectivity index (χ0v) is 12.7. The molecule has 1 aromatic heterocycles. The standard InChI is InChI=1S/C15H13NPS2/c16-14-11-18-15(19-14)17(12-7-3-1-4-8-12)13-9-5-2-6-10-13/h1-11H,16H2/q+1. The van der Waals surface area contributed by atoms with Gasteiger partial charge in [-0.3, -0.25) is 0 Å². The number of benzene rings is 2. The van der Waals surface area contributed by atoms with E-state index in [0.717, 1.165) is 5.00 Å². The number of rotatable bonds is 2. The first-order valence-corrected chi connectivity index (χ1v) is 8.96. The number of hydrogen-bond donors (Lipinski definition) is 1. The molecule has 94 valence electrons. The summed E-state index contributed by atoms with van der Waals surface area (Å²) in [6, 6.07) is 21.4. The quantitative estimate of drug-likeness (QED) is 0.710. The summed E-state index contributed by atoms with van der Waals surface area (Å²) in [5.41, 5.74) is 5.91. The number of nitrogens with two attached hydrogens (primary N) is 1. The average Bonchev–Trinajstić information content (AvgIpc) is 2.88. The van der Waals surface area contributed by atoms with E-state index in [4.69, 9.17) is 5.73 Å². The van der Waals surface area contributed by atoms with Gasteiger partial charge in [-0.05, 0) is 24.3 Å². The molecule has 3 aromatic rings. The first kappa shape index (κ1) is 12.6. The van der Waals surface area contributed by atoms with E-state index in [9.17, 15) is 0 Å². The van der Waals surface area contributed by atoms with E-state index < -0.39 is 7.55 Å². The third kappa shape index (κ3) is 2.79. The molecule has 1 nitrogen and oxygen atoms in total. The lowest BCUT2D eigenvalue weighted by Gasteiger charge is -1.94. The molecule has 0 saturated carbocycles. The number of hydrogen-bond acceptors (Lipinski definition) is 3. The second-order valence-electron chi connectivity index (χ2n) is 4.01. The molecule has 0 radical (unpaired) electrons. The van der Waals surface area contributed by atoms with Crippen LogP contribution in [0.1, 0.15) is 0 Å². The zero-order chi connectivity index (χ0) is 13.1. The Balaban J connectivity index is 2.30. The van der Waals surface area contributed by atoms with Crippen molar-refractivity contribution in [2.75, 3.05) is 5.73 Å². The molecule has 2 aromatic carbocycles. The zero-order valence-electron chi connectivity index (χ0n) is 10.2. The minimum Gasteiger partial charge on any atom is -0.390 e. The molecule has 19 heavy (non-hydrogen) atoms. The van der Waals surface area contributed by atoms with Gasteiger partial charge in [0.05, 0.1) is 0 Å². The lowest BCUT2D eigenvalue weighted by atomic mass is 10.4. The van der Waals surface area contributed by atoms with Crippen LogP contribution in [-0.2, 0) is 0 Å². The van der Waals surface area contributed by atoms with Crippen molar-refractivity contribution >= 4 is 45.8 Å². The number of nitrogen functional groups attached to an aromatic ring is 1. The van der Waals surface area contributed by atoms with Crippen molar-refractivity contribution in [1.29, 1.82) is 0 Å². The van der Waals surface area contributed by atoms with Gasteiger partial charge in [-0.2, -0.15) is 0 Å². The molecule has 0 aliphatic heterocycles. The highest BCUT2D eigenvalue weighted by Crippen LogP contribution is 2.34. The monoisotopic (exact) mass is 302 g/mol. The highest BCUT2D eigenvalue weighted by atomic mass is 32.2. The fourth-order valence-corrected chi connectivity index (χ4v) is 7.44. The van der Waals surface area contributed by atoms with Crippen molar-refractivity contribution in [3.63, 3.8) is 0 Å². The predicted octanol–water partition coefficient (Wildman–Crippen LogP) is 4.06. The van der Waals surface area contributed by atoms with E-state index in [1.165, 1.54) is 14.2 Å². The van der Waals surface area contributed by atoms with Gasteiger partial charge in [0.15, 0.2) is 18.2 Å². The van der Waals surface area contributed by atoms with Crippen molar-refractivity contribution in [3.05, 3.63) is 69.6 Å². The van der Waals surface area contributed by atoms with E-state index in [2.05, 4.69) is 60.7 Å². The molecule has 0 aliphatic rings. The van der Waals surface area contributed by atoms with E-state index in [0.29, 0.717) is 0 Å². The van der Waals surface area contributed by atoms with Gasteiger partial charge in [-0.1, -0.05) is 59.1 Å². The van der Waals surface area contributed by atoms with Crippen LogP contribution in [-0.4, -0.2) is 0 Å². The van der Waals surface area contributed by atoms with Crippen LogP contribution in [0.15, 0.2) is 66.0 Å². The summed E-state index contributed by atoms with van der Waals surface area (Å²) in [6.45, 7) is 0. The van der Waals surface area contributed by atoms with E-state index in [1.807, 2.05) is 5.38 Å². The third-order valence-corrected chi connectivity index (χ3v) is 8.16. The maximum absolute atomic E-state index is 5.91. The predicted molar refractivity (Wildman–Crippen MR) is 88.9 cm³/mol. The van der Waals surface area contributed by atoms with Gasteiger partial charge >= 0.3 is 0 Å². The van der Waals surface area contributed by atoms with Gasteiger partial charge in [0.25, 0.3) is 3.57 Å². The van der Waals surface area contributed by atoms with Gasteiger partial charge < -0.3 is 5.73 Å². The Morgan fingerprint density at radius 1 is 0.789 bits per heavy atom. The normalized spacial score (nSPS) is 10.3. The summed E-state index contributed by atoms with van der Waals surface area (Å²) in [6.07, 6.45) is 0. The Morgan fingerprint density at radius 2 is 1.32 bits per heavy atom. The molecular weight excluding hydrogens is 289 g/mol. The van der Waals surface area contributed by atoms with Crippen LogP contribution < -0.4 is 16.3 Å². The molecule has 3 rings (SSSR count). The summed E-state index contributed by atoms with van der Waals surface area (Å²) in [4.78, 5) is 0. The van der Waals surface area contributed by atoms with Crippen LogP contribution in [0.3, 0.4) is 0 Å². The SMILES string of the molecule is Nc1csc(=[P+](c2ccccc2)c2ccccc2)s1. The molecule has 0 atom stereocenters. The number of anilines is 1. The Hall–Kier alpha value is -1.41. The molecular formula is C15H13NPS2+. The van der Waals surface area contributed by atoms with Crippen LogP contribution in [0.5, 0.6) is 0 Å². The summed E-state index contributed by atoms with van der Waals surface area (Å²) in [5, 5.41) is 5.70. The Morgan fingerprint density at radius 3 is 1.74 bits per heavy atom. The van der Waals surface area contributed by atoms with Crippen LogP contribution >= 0.6 is 30.2 Å². The van der Waals surface area contributed by atoms with Crippen molar-refractivity contribution in [1.82, 2.24) is 0 Å². The highest BCUT2D eigenvalue weighted by Gasteiger charge is 2.20. The average molecular weight is 302 g/mol. The van der Waals surface area contributed by atoms with Crippen LogP contribution in [0, 0.1) is 3.57 Å². The topological polar surface area (TPSA) is 26.0 Å². The van der Waals surface area contributed by atoms with Crippen molar-refractivity contribution in [3.8, 4) is 0 Å². The lowest BCUT2D eigenvalue weighted by molar-refractivity contribution is 1.76. The molecule has 0 aliphatic carbocycles. The molecule has 2 N–H and O–H groups in total. The first-order valence-electron chi connectivity index (χ1n) is 5.92. The van der Waals surface area contributed by atoms with Gasteiger partial charge in [-0.25, -0.2) is 0 Å². The summed E-state index contributed by atoms with van der Waals surface area (Å²) in [5.74, 6) is 0. The second kappa shape index (κ2) is 5.70. The minimum atomic E-state index is -0.468. The van der Waals surface area contributed by atoms with E-state index >= 15 is 0 Å². The summed E-state index contributed by atoms with van der Waals surface area (Å²) < 4.78 is 1.39. The molecule has 0 spiro atoms. The molecule has 0 unspecified atom stereocenters. The fraction of sp³-hybridized carbons (Fsp3) is 0. The van der Waals surface area contributed by atoms with Gasteiger partial charge in [-0.15, -0.1) is 0 Å². The first-order chi connectivity index (χ1) is 9.34. The van der Waals surface area contributed by atoms with Crippen LogP contribution in [0.25, 0.3) is 0 Å². The fourth-order valence-electron chi connectivity index (χ4n) is 1.87. The molecule has 0 saturated heterocycles. The van der Waals surface area contributed by atoms with Gasteiger partial charge in [0, 0.05) is 5.38 Å². The van der Waals surface area contributed by atoms with E-state index in [-0.39, 0.29) is 0 Å². The largest absolute Gasteiger partial charge is 0.390 e. The maximum atomic E-state index is 5.91. The molecule has 0 fully saturated rings. The highest BCUT2D eigenvalue weighted by molar-refractivity contribution is 7.70. The smallest absolute Gasteiger partial charge is 0.264 e. The van der Waals surface area contributed by atoms with E-state index in [1.54, 1.807) is 22.7 Å². The summed E-state index contributed by atoms with van der Waals surface area (Å²) in [7, 11) is -0.468. The lowest BCUT2D eigenvalue weighted by Crippen LogP contribution is -2.05. The molecule has 4 heteroatoms. The van der Waals surface area contributed by atoms with Gasteiger partial charge in [0.2, 0.25) is 0 Å². The van der Waals surface area contributed by atoms with Crippen molar-refractivity contribution < 1.29 is 0 Å². The summed E-state index contributed by atoms with van der Waals surface area (Å²) >= 11 is 3.48. The van der Waals surface area contributed by atoms with Crippen LogP contribution in [0.4, 0.5) is 5.00 Å². The van der Waals surface area contributed by atoms with Gasteiger partial charge in [0.1, 0.15) is 5.00 Å². The Kier molecular flexibility index (Phi) is 3.79. The Labute approximate surface area is 121 Å². The van der Waals surface area contributed by atoms with Crippen LogP contribution in [0.2, 0.25) is 0 Å². The van der Waals surface area contributed by atoms with Crippen molar-refractivity contribution in [2.24, 2.45) is 0 Å². The molecule has 0 amide bonds.